The van der Waals surface area contributed by atoms with Gasteiger partial charge in [-0.1, -0.05) is 24.3 Å². The molecule has 120 valence electrons. The number of rotatable bonds is 3. The molecule has 7 heteroatoms. The second kappa shape index (κ2) is 5.35. The molecule has 1 atom stereocenters. The smallest absolute Gasteiger partial charge is 0.335 e. The highest BCUT2D eigenvalue weighted by atomic mass is 79.9. The van der Waals surface area contributed by atoms with E-state index in [4.69, 9.17) is 5.11 Å². The molecule has 2 aromatic rings. The number of hydrogen-bond acceptors (Lipinski definition) is 3. The molecular weight excluding hydrogens is 382 g/mol. The van der Waals surface area contributed by atoms with Gasteiger partial charge in [0.15, 0.2) is 0 Å². The summed E-state index contributed by atoms with van der Waals surface area (Å²) in [5.41, 5.74) is 0.547. The fraction of sp³-hybridized carbons (Fsp3) is 0.188. The summed E-state index contributed by atoms with van der Waals surface area (Å²) in [5.74, 6) is -1.06. The second-order valence-corrected chi connectivity index (χ2v) is 8.75. The molecule has 0 spiro atoms. The highest BCUT2D eigenvalue weighted by molar-refractivity contribution is 9.10. The first kappa shape index (κ1) is 16.0. The van der Waals surface area contributed by atoms with Crippen LogP contribution in [0.25, 0.3) is 10.9 Å². The standard InChI is InChI=1S/C16H14BrNO4S/c1-16(6-3-2-4-7-16)23(21,22)18-8-5-11-9-12(15(19)20)10-13(17)14(11)18/h2-6,8-10H,7H2,1H3,(H,19,20). The van der Waals surface area contributed by atoms with Gasteiger partial charge in [-0.05, 0) is 47.5 Å². The Balaban J connectivity index is 2.23. The summed E-state index contributed by atoms with van der Waals surface area (Å²) in [6, 6.07) is 4.48. The van der Waals surface area contributed by atoms with Crippen LogP contribution in [0.2, 0.25) is 0 Å². The number of benzene rings is 1. The molecule has 1 aliphatic rings. The number of carboxylic acid groups (broad SMARTS) is 1. The number of allylic oxidation sites excluding steroid dienone is 3. The van der Waals surface area contributed by atoms with Gasteiger partial charge in [0.1, 0.15) is 4.75 Å². The highest BCUT2D eigenvalue weighted by Crippen LogP contribution is 2.34. The van der Waals surface area contributed by atoms with E-state index in [9.17, 15) is 13.2 Å². The van der Waals surface area contributed by atoms with Gasteiger partial charge in [0, 0.05) is 16.1 Å². The molecule has 1 aromatic heterocycles. The van der Waals surface area contributed by atoms with Crippen molar-refractivity contribution >= 4 is 42.8 Å². The van der Waals surface area contributed by atoms with Gasteiger partial charge in [-0.3, -0.25) is 0 Å². The number of carbonyl (C=O) groups is 1. The summed E-state index contributed by atoms with van der Waals surface area (Å²) in [6.07, 6.45) is 8.89. The van der Waals surface area contributed by atoms with Crippen molar-refractivity contribution in [2.45, 2.75) is 18.1 Å². The van der Waals surface area contributed by atoms with Gasteiger partial charge >= 0.3 is 5.97 Å². The van der Waals surface area contributed by atoms with Crippen LogP contribution in [0.3, 0.4) is 0 Å². The third-order valence-corrected chi connectivity index (χ3v) is 6.93. The van der Waals surface area contributed by atoms with E-state index in [2.05, 4.69) is 15.9 Å². The number of aromatic nitrogens is 1. The van der Waals surface area contributed by atoms with Crippen molar-refractivity contribution in [2.75, 3.05) is 0 Å². The van der Waals surface area contributed by atoms with Crippen molar-refractivity contribution in [2.24, 2.45) is 0 Å². The minimum Gasteiger partial charge on any atom is -0.478 e. The maximum atomic E-state index is 13.1. The SMILES string of the molecule is CC1(S(=O)(=O)n2ccc3cc(C(=O)O)cc(Br)c32)C=CC=CC1. The average molecular weight is 396 g/mol. The van der Waals surface area contributed by atoms with Gasteiger partial charge in [-0.25, -0.2) is 17.2 Å². The van der Waals surface area contributed by atoms with Crippen molar-refractivity contribution in [3.8, 4) is 0 Å². The van der Waals surface area contributed by atoms with Gasteiger partial charge in [0.05, 0.1) is 11.1 Å². The molecule has 1 unspecified atom stereocenters. The quantitative estimate of drug-likeness (QED) is 0.861. The fourth-order valence-corrected chi connectivity index (χ4v) is 5.11. The molecule has 1 heterocycles. The van der Waals surface area contributed by atoms with Gasteiger partial charge in [-0.15, -0.1) is 0 Å². The van der Waals surface area contributed by atoms with Crippen LogP contribution in [0.5, 0.6) is 0 Å². The Morgan fingerprint density at radius 1 is 1.35 bits per heavy atom. The van der Waals surface area contributed by atoms with Crippen molar-refractivity contribution < 1.29 is 18.3 Å². The maximum absolute atomic E-state index is 13.1. The number of nitrogens with zero attached hydrogens (tertiary/aromatic N) is 1. The van der Waals surface area contributed by atoms with Gasteiger partial charge < -0.3 is 5.11 Å². The Kier molecular flexibility index (Phi) is 3.72. The van der Waals surface area contributed by atoms with Crippen molar-refractivity contribution in [3.63, 3.8) is 0 Å². The molecule has 0 aliphatic heterocycles. The summed E-state index contributed by atoms with van der Waals surface area (Å²) in [7, 11) is -3.70. The number of fused-ring (bicyclic) bond motifs is 1. The van der Waals surface area contributed by atoms with E-state index in [1.165, 1.54) is 22.3 Å². The zero-order valence-corrected chi connectivity index (χ0v) is 14.6. The Labute approximate surface area is 142 Å². The first-order valence-corrected chi connectivity index (χ1v) is 9.13. The Bertz CT molecular complexity index is 971. The zero-order valence-electron chi connectivity index (χ0n) is 12.2. The highest BCUT2D eigenvalue weighted by Gasteiger charge is 2.38. The molecule has 0 bridgehead atoms. The Morgan fingerprint density at radius 3 is 2.70 bits per heavy atom. The van der Waals surface area contributed by atoms with E-state index < -0.39 is 20.7 Å². The molecular formula is C16H14BrNO4S. The topological polar surface area (TPSA) is 76.4 Å². The molecule has 1 N–H and O–H groups in total. The van der Waals surface area contributed by atoms with Gasteiger partial charge in [-0.2, -0.15) is 0 Å². The predicted molar refractivity (Wildman–Crippen MR) is 92.2 cm³/mol. The molecule has 0 radical (unpaired) electrons. The Hall–Kier alpha value is -1.86. The molecule has 1 aromatic carbocycles. The summed E-state index contributed by atoms with van der Waals surface area (Å²) >= 11 is 3.30. The van der Waals surface area contributed by atoms with E-state index in [1.54, 1.807) is 25.1 Å². The average Bonchev–Trinajstić information content (AvgIpc) is 2.93. The van der Waals surface area contributed by atoms with Crippen LogP contribution in [0.1, 0.15) is 23.7 Å². The fourth-order valence-electron chi connectivity index (χ4n) is 2.65. The van der Waals surface area contributed by atoms with Crippen molar-refractivity contribution in [1.29, 1.82) is 0 Å². The number of halogens is 1. The minimum absolute atomic E-state index is 0.103. The molecule has 1 aliphatic carbocycles. The first-order valence-electron chi connectivity index (χ1n) is 6.90. The zero-order chi connectivity index (χ0) is 16.8. The lowest BCUT2D eigenvalue weighted by Gasteiger charge is -2.27. The summed E-state index contributed by atoms with van der Waals surface area (Å²) in [4.78, 5) is 11.1. The van der Waals surface area contributed by atoms with E-state index in [1.807, 2.05) is 12.2 Å². The number of hydrogen-bond donors (Lipinski definition) is 1. The second-order valence-electron chi connectivity index (χ2n) is 5.62. The van der Waals surface area contributed by atoms with Crippen LogP contribution in [0.15, 0.2) is 53.2 Å². The maximum Gasteiger partial charge on any atom is 0.335 e. The number of aromatic carboxylic acids is 1. The van der Waals surface area contributed by atoms with Gasteiger partial charge in [0.2, 0.25) is 10.0 Å². The largest absolute Gasteiger partial charge is 0.478 e. The lowest BCUT2D eigenvalue weighted by molar-refractivity contribution is 0.0697. The third kappa shape index (κ3) is 2.44. The number of carboxylic acids is 1. The van der Waals surface area contributed by atoms with E-state index >= 15 is 0 Å². The summed E-state index contributed by atoms with van der Waals surface area (Å²) < 4.78 is 26.8. The van der Waals surface area contributed by atoms with Crippen LogP contribution < -0.4 is 0 Å². The van der Waals surface area contributed by atoms with Crippen molar-refractivity contribution in [3.05, 3.63) is 58.7 Å². The lowest BCUT2D eigenvalue weighted by atomic mass is 10.0. The third-order valence-electron chi connectivity index (χ3n) is 4.02. The van der Waals surface area contributed by atoms with Crippen LogP contribution in [-0.4, -0.2) is 28.2 Å². The van der Waals surface area contributed by atoms with Crippen molar-refractivity contribution in [1.82, 2.24) is 3.97 Å². The molecule has 0 fully saturated rings. The molecule has 0 amide bonds. The molecule has 5 nitrogen and oxygen atoms in total. The van der Waals surface area contributed by atoms with E-state index in [0.29, 0.717) is 21.8 Å². The lowest BCUT2D eigenvalue weighted by Crippen LogP contribution is -2.37. The first-order chi connectivity index (χ1) is 10.8. The van der Waals surface area contributed by atoms with Gasteiger partial charge in [0.25, 0.3) is 0 Å². The molecule has 23 heavy (non-hydrogen) atoms. The summed E-state index contributed by atoms with van der Waals surface area (Å²) in [6.45, 7) is 1.67. The normalized spacial score (nSPS) is 21.0. The predicted octanol–water partition coefficient (Wildman–Crippen LogP) is 3.55. The molecule has 0 saturated heterocycles. The van der Waals surface area contributed by atoms with Crippen LogP contribution in [-0.2, 0) is 10.0 Å². The van der Waals surface area contributed by atoms with Crippen LogP contribution >= 0.6 is 15.9 Å². The molecule has 0 saturated carbocycles. The van der Waals surface area contributed by atoms with E-state index in [-0.39, 0.29) is 5.56 Å². The monoisotopic (exact) mass is 395 g/mol. The minimum atomic E-state index is -3.70. The van der Waals surface area contributed by atoms with Crippen LogP contribution in [0.4, 0.5) is 0 Å². The summed E-state index contributed by atoms with van der Waals surface area (Å²) in [5, 5.41) is 9.67. The van der Waals surface area contributed by atoms with E-state index in [0.717, 1.165) is 0 Å². The van der Waals surface area contributed by atoms with Crippen LogP contribution in [0, 0.1) is 0 Å². The molecule has 3 rings (SSSR count). The Morgan fingerprint density at radius 2 is 2.09 bits per heavy atom.